The van der Waals surface area contributed by atoms with Gasteiger partial charge in [-0.05, 0) is 24.3 Å². The van der Waals surface area contributed by atoms with Crippen LogP contribution in [0.4, 0.5) is 10.1 Å². The first-order valence-electron chi connectivity index (χ1n) is 8.24. The second-order valence-corrected chi connectivity index (χ2v) is 5.83. The number of nitrogens with zero attached hydrogens (tertiary/aromatic N) is 2. The van der Waals surface area contributed by atoms with Gasteiger partial charge in [-0.2, -0.15) is 0 Å². The summed E-state index contributed by atoms with van der Waals surface area (Å²) in [4.78, 5) is 16.1. The Bertz CT molecular complexity index is 652. The zero-order valence-electron chi connectivity index (χ0n) is 13.6. The summed E-state index contributed by atoms with van der Waals surface area (Å²) in [7, 11) is 0. The van der Waals surface area contributed by atoms with Gasteiger partial charge in [0.25, 0.3) is 0 Å². The van der Waals surface area contributed by atoms with Gasteiger partial charge in [-0.15, -0.1) is 0 Å². The van der Waals surface area contributed by atoms with E-state index >= 15 is 0 Å². The molecule has 1 fully saturated rings. The SMILES string of the molecule is O=C(CCNCc1ccco1)N1CCN(c2ccccc2F)CC1. The van der Waals surface area contributed by atoms with Crippen LogP contribution >= 0.6 is 0 Å². The lowest BCUT2D eigenvalue weighted by molar-refractivity contribution is -0.131. The molecule has 1 amide bonds. The second kappa shape index (κ2) is 7.97. The zero-order valence-corrected chi connectivity index (χ0v) is 13.6. The van der Waals surface area contributed by atoms with Gasteiger partial charge in [0.2, 0.25) is 5.91 Å². The molecule has 2 heterocycles. The number of benzene rings is 1. The van der Waals surface area contributed by atoms with E-state index < -0.39 is 0 Å². The van der Waals surface area contributed by atoms with Crippen LogP contribution in [-0.2, 0) is 11.3 Å². The van der Waals surface area contributed by atoms with Crippen molar-refractivity contribution in [1.29, 1.82) is 0 Å². The molecule has 1 aromatic heterocycles. The van der Waals surface area contributed by atoms with Crippen LogP contribution in [0, 0.1) is 5.82 Å². The summed E-state index contributed by atoms with van der Waals surface area (Å²) in [5.41, 5.74) is 0.615. The van der Waals surface area contributed by atoms with Crippen molar-refractivity contribution in [3.05, 3.63) is 54.2 Å². The van der Waals surface area contributed by atoms with Gasteiger partial charge in [0.15, 0.2) is 0 Å². The average Bonchev–Trinajstić information content (AvgIpc) is 3.13. The number of hydrogen-bond donors (Lipinski definition) is 1. The molecule has 0 atom stereocenters. The van der Waals surface area contributed by atoms with Gasteiger partial charge in [-0.25, -0.2) is 4.39 Å². The predicted molar refractivity (Wildman–Crippen MR) is 90.2 cm³/mol. The first-order valence-corrected chi connectivity index (χ1v) is 8.24. The molecule has 6 heteroatoms. The molecule has 1 saturated heterocycles. The quantitative estimate of drug-likeness (QED) is 0.825. The number of hydrogen-bond acceptors (Lipinski definition) is 4. The Morgan fingerprint density at radius 1 is 1.12 bits per heavy atom. The third-order valence-electron chi connectivity index (χ3n) is 4.22. The summed E-state index contributed by atoms with van der Waals surface area (Å²) in [6, 6.07) is 10.5. The van der Waals surface area contributed by atoms with Crippen LogP contribution in [0.3, 0.4) is 0 Å². The van der Waals surface area contributed by atoms with E-state index in [9.17, 15) is 9.18 Å². The van der Waals surface area contributed by atoms with E-state index in [1.54, 1.807) is 18.4 Å². The molecule has 0 bridgehead atoms. The highest BCUT2D eigenvalue weighted by Crippen LogP contribution is 2.20. The van der Waals surface area contributed by atoms with Crippen molar-refractivity contribution < 1.29 is 13.6 Å². The summed E-state index contributed by atoms with van der Waals surface area (Å²) in [5, 5.41) is 3.20. The van der Waals surface area contributed by atoms with Crippen molar-refractivity contribution in [3.63, 3.8) is 0 Å². The first-order chi connectivity index (χ1) is 11.7. The molecule has 0 radical (unpaired) electrons. The number of carbonyl (C=O) groups is 1. The van der Waals surface area contributed by atoms with Crippen LogP contribution in [0.25, 0.3) is 0 Å². The normalized spacial score (nSPS) is 14.9. The van der Waals surface area contributed by atoms with Crippen molar-refractivity contribution in [3.8, 4) is 0 Å². The lowest BCUT2D eigenvalue weighted by atomic mass is 10.2. The second-order valence-electron chi connectivity index (χ2n) is 5.83. The van der Waals surface area contributed by atoms with Crippen LogP contribution in [0.2, 0.25) is 0 Å². The fourth-order valence-corrected chi connectivity index (χ4v) is 2.88. The molecule has 1 aliphatic rings. The van der Waals surface area contributed by atoms with Crippen molar-refractivity contribution in [2.75, 3.05) is 37.6 Å². The van der Waals surface area contributed by atoms with Crippen molar-refractivity contribution >= 4 is 11.6 Å². The van der Waals surface area contributed by atoms with Crippen LogP contribution in [-0.4, -0.2) is 43.5 Å². The summed E-state index contributed by atoms with van der Waals surface area (Å²) < 4.78 is 19.0. The molecule has 3 rings (SSSR count). The maximum absolute atomic E-state index is 13.8. The Morgan fingerprint density at radius 2 is 1.92 bits per heavy atom. The molecule has 128 valence electrons. The lowest BCUT2D eigenvalue weighted by Gasteiger charge is -2.36. The summed E-state index contributed by atoms with van der Waals surface area (Å²) in [6.07, 6.45) is 2.09. The fraction of sp³-hybridized carbons (Fsp3) is 0.389. The average molecular weight is 331 g/mol. The number of nitrogens with one attached hydrogen (secondary N) is 1. The predicted octanol–water partition coefficient (Wildman–Crippen LogP) is 2.25. The van der Waals surface area contributed by atoms with Gasteiger partial charge >= 0.3 is 0 Å². The van der Waals surface area contributed by atoms with Gasteiger partial charge < -0.3 is 19.5 Å². The van der Waals surface area contributed by atoms with E-state index in [2.05, 4.69) is 5.32 Å². The molecule has 1 aliphatic heterocycles. The minimum atomic E-state index is -0.209. The Labute approximate surface area is 141 Å². The van der Waals surface area contributed by atoms with E-state index in [1.165, 1.54) is 6.07 Å². The largest absolute Gasteiger partial charge is 0.468 e. The number of amides is 1. The van der Waals surface area contributed by atoms with E-state index in [0.717, 1.165) is 5.76 Å². The molecule has 1 aromatic carbocycles. The number of halogens is 1. The third-order valence-corrected chi connectivity index (χ3v) is 4.22. The summed E-state index contributed by atoms with van der Waals surface area (Å²) >= 11 is 0. The van der Waals surface area contributed by atoms with Crippen LogP contribution in [0.5, 0.6) is 0 Å². The van der Waals surface area contributed by atoms with E-state index in [1.807, 2.05) is 28.0 Å². The highest BCUT2D eigenvalue weighted by molar-refractivity contribution is 5.76. The summed E-state index contributed by atoms with van der Waals surface area (Å²) in [5.74, 6) is 0.787. The fourth-order valence-electron chi connectivity index (χ4n) is 2.88. The molecule has 0 unspecified atom stereocenters. The van der Waals surface area contributed by atoms with E-state index in [4.69, 9.17) is 4.42 Å². The standard InChI is InChI=1S/C18H22FN3O2/c19-16-5-1-2-6-17(16)21-9-11-22(12-10-21)18(23)7-8-20-14-15-4-3-13-24-15/h1-6,13,20H,7-12,14H2. The van der Waals surface area contributed by atoms with Crippen LogP contribution in [0.1, 0.15) is 12.2 Å². The maximum Gasteiger partial charge on any atom is 0.223 e. The molecular formula is C18H22FN3O2. The molecule has 5 nitrogen and oxygen atoms in total. The number of anilines is 1. The monoisotopic (exact) mass is 331 g/mol. The highest BCUT2D eigenvalue weighted by Gasteiger charge is 2.22. The molecule has 0 aliphatic carbocycles. The Morgan fingerprint density at radius 3 is 2.62 bits per heavy atom. The molecular weight excluding hydrogens is 309 g/mol. The number of carbonyl (C=O) groups excluding carboxylic acids is 1. The minimum Gasteiger partial charge on any atom is -0.468 e. The van der Waals surface area contributed by atoms with Gasteiger partial charge in [-0.3, -0.25) is 4.79 Å². The highest BCUT2D eigenvalue weighted by atomic mass is 19.1. The van der Waals surface area contributed by atoms with E-state index in [0.29, 0.717) is 51.4 Å². The number of furan rings is 1. The number of rotatable bonds is 6. The smallest absolute Gasteiger partial charge is 0.223 e. The zero-order chi connectivity index (χ0) is 16.8. The van der Waals surface area contributed by atoms with Gasteiger partial charge in [0, 0.05) is 39.1 Å². The Balaban J connectivity index is 1.39. The van der Waals surface area contributed by atoms with Gasteiger partial charge in [0.05, 0.1) is 18.5 Å². The van der Waals surface area contributed by atoms with Crippen molar-refractivity contribution in [1.82, 2.24) is 10.2 Å². The van der Waals surface area contributed by atoms with Gasteiger partial charge in [0.1, 0.15) is 11.6 Å². The lowest BCUT2D eigenvalue weighted by Crippen LogP contribution is -2.49. The molecule has 24 heavy (non-hydrogen) atoms. The first kappa shape index (κ1) is 16.5. The van der Waals surface area contributed by atoms with Crippen LogP contribution < -0.4 is 10.2 Å². The van der Waals surface area contributed by atoms with Crippen molar-refractivity contribution in [2.24, 2.45) is 0 Å². The van der Waals surface area contributed by atoms with E-state index in [-0.39, 0.29) is 11.7 Å². The van der Waals surface area contributed by atoms with Crippen molar-refractivity contribution in [2.45, 2.75) is 13.0 Å². The molecule has 0 saturated carbocycles. The molecule has 0 spiro atoms. The molecule has 2 aromatic rings. The van der Waals surface area contributed by atoms with Gasteiger partial charge in [-0.1, -0.05) is 12.1 Å². The molecule has 1 N–H and O–H groups in total. The third kappa shape index (κ3) is 4.14. The Hall–Kier alpha value is -2.34. The van der Waals surface area contributed by atoms with Crippen LogP contribution in [0.15, 0.2) is 47.1 Å². The number of para-hydroxylation sites is 1. The minimum absolute atomic E-state index is 0.134. The topological polar surface area (TPSA) is 48.7 Å². The number of piperazine rings is 1. The summed E-state index contributed by atoms with van der Waals surface area (Å²) in [6.45, 7) is 3.82. The maximum atomic E-state index is 13.8. The Kier molecular flexibility index (Phi) is 5.48.